The molecule has 1 saturated heterocycles. The van der Waals surface area contributed by atoms with Crippen LogP contribution in [-0.2, 0) is 9.53 Å². The highest BCUT2D eigenvalue weighted by atomic mass is 35.5. The van der Waals surface area contributed by atoms with Gasteiger partial charge in [-0.2, -0.15) is 0 Å². The number of nitrogens with zero attached hydrogens (tertiary/aromatic N) is 1. The van der Waals surface area contributed by atoms with Gasteiger partial charge in [-0.3, -0.25) is 4.90 Å². The molecule has 110 valence electrons. The molecule has 1 unspecified atom stereocenters. The highest BCUT2D eigenvalue weighted by Gasteiger charge is 2.31. The molecular weight excluding hydrogens is 283 g/mol. The number of benzene rings is 1. The number of halogens is 2. The number of rotatable bonds is 3. The average molecular weight is 301 g/mol. The topological polar surface area (TPSA) is 41.6 Å². The number of methoxy groups -OCH3 is 1. The van der Waals surface area contributed by atoms with E-state index in [0.717, 1.165) is 19.5 Å². The van der Waals surface area contributed by atoms with E-state index >= 15 is 0 Å². The van der Waals surface area contributed by atoms with Crippen molar-refractivity contribution in [3.8, 4) is 0 Å². The molecule has 0 spiro atoms. The van der Waals surface area contributed by atoms with Gasteiger partial charge in [-0.1, -0.05) is 23.7 Å². The maximum atomic E-state index is 14.2. The molecule has 0 amide bonds. The van der Waals surface area contributed by atoms with Gasteiger partial charge >= 0.3 is 5.97 Å². The number of hydrogen-bond acceptors (Lipinski definition) is 4. The summed E-state index contributed by atoms with van der Waals surface area (Å²) in [5, 5.41) is 3.27. The van der Waals surface area contributed by atoms with Gasteiger partial charge in [0.15, 0.2) is 0 Å². The van der Waals surface area contributed by atoms with E-state index in [9.17, 15) is 9.18 Å². The zero-order valence-corrected chi connectivity index (χ0v) is 12.1. The molecule has 1 aliphatic rings. The molecule has 0 bridgehead atoms. The summed E-state index contributed by atoms with van der Waals surface area (Å²) in [4.78, 5) is 14.0. The summed E-state index contributed by atoms with van der Waals surface area (Å²) in [5.41, 5.74) is 0.270. The standard InChI is InChI=1S/C14H18ClFN2O2/c1-20-14(19)13(18-8-3-6-17-7-9-18)10-4-2-5-11(15)12(10)16/h2,4-5,13,17H,3,6-9H2,1H3. The molecule has 1 fully saturated rings. The number of ether oxygens (including phenoxy) is 1. The average Bonchev–Trinajstić information content (AvgIpc) is 2.72. The maximum Gasteiger partial charge on any atom is 0.327 e. The molecular formula is C14H18ClFN2O2. The molecule has 0 aromatic heterocycles. The Kier molecular flexibility index (Phi) is 5.34. The van der Waals surface area contributed by atoms with Crippen molar-refractivity contribution in [3.05, 3.63) is 34.6 Å². The molecule has 1 aromatic rings. The molecule has 0 saturated carbocycles. The quantitative estimate of drug-likeness (QED) is 0.867. The van der Waals surface area contributed by atoms with Crippen molar-refractivity contribution in [1.82, 2.24) is 10.2 Å². The summed E-state index contributed by atoms with van der Waals surface area (Å²) < 4.78 is 19.1. The van der Waals surface area contributed by atoms with Gasteiger partial charge in [-0.05, 0) is 19.0 Å². The smallest absolute Gasteiger partial charge is 0.327 e. The summed E-state index contributed by atoms with van der Waals surface area (Å²) in [6.07, 6.45) is 0.898. The van der Waals surface area contributed by atoms with Crippen LogP contribution < -0.4 is 5.32 Å². The normalized spacial score (nSPS) is 18.4. The summed E-state index contributed by atoms with van der Waals surface area (Å²) in [5.74, 6) is -1.02. The van der Waals surface area contributed by atoms with Crippen LogP contribution >= 0.6 is 11.6 Å². The molecule has 0 aliphatic carbocycles. The Balaban J connectivity index is 2.36. The molecule has 2 rings (SSSR count). The molecule has 0 radical (unpaired) electrons. The fraction of sp³-hybridized carbons (Fsp3) is 0.500. The number of hydrogen-bond donors (Lipinski definition) is 1. The highest BCUT2D eigenvalue weighted by Crippen LogP contribution is 2.28. The lowest BCUT2D eigenvalue weighted by atomic mass is 10.0. The van der Waals surface area contributed by atoms with Crippen LogP contribution in [0, 0.1) is 5.82 Å². The molecule has 1 atom stereocenters. The van der Waals surface area contributed by atoms with Crippen LogP contribution in [0.15, 0.2) is 18.2 Å². The Hall–Kier alpha value is -1.17. The second-order valence-corrected chi connectivity index (χ2v) is 5.12. The number of esters is 1. The van der Waals surface area contributed by atoms with E-state index in [4.69, 9.17) is 16.3 Å². The molecule has 1 heterocycles. The van der Waals surface area contributed by atoms with Crippen molar-refractivity contribution < 1.29 is 13.9 Å². The minimum Gasteiger partial charge on any atom is -0.468 e. The molecule has 20 heavy (non-hydrogen) atoms. The van der Waals surface area contributed by atoms with Gasteiger partial charge in [0, 0.05) is 25.2 Å². The number of nitrogens with one attached hydrogen (secondary N) is 1. The van der Waals surface area contributed by atoms with Crippen molar-refractivity contribution in [2.24, 2.45) is 0 Å². The Morgan fingerprint density at radius 1 is 1.45 bits per heavy atom. The van der Waals surface area contributed by atoms with E-state index in [2.05, 4.69) is 5.32 Å². The fourth-order valence-electron chi connectivity index (χ4n) is 2.44. The van der Waals surface area contributed by atoms with Gasteiger partial charge in [-0.25, -0.2) is 9.18 Å². The van der Waals surface area contributed by atoms with Crippen LogP contribution in [0.2, 0.25) is 5.02 Å². The van der Waals surface area contributed by atoms with Gasteiger partial charge < -0.3 is 10.1 Å². The zero-order valence-electron chi connectivity index (χ0n) is 11.4. The van der Waals surface area contributed by atoms with Gasteiger partial charge in [0.25, 0.3) is 0 Å². The van der Waals surface area contributed by atoms with Crippen molar-refractivity contribution in [3.63, 3.8) is 0 Å². The van der Waals surface area contributed by atoms with Gasteiger partial charge in [-0.15, -0.1) is 0 Å². The van der Waals surface area contributed by atoms with E-state index in [-0.39, 0.29) is 10.6 Å². The van der Waals surface area contributed by atoms with Crippen LogP contribution in [-0.4, -0.2) is 44.2 Å². The largest absolute Gasteiger partial charge is 0.468 e. The van der Waals surface area contributed by atoms with E-state index in [1.54, 1.807) is 12.1 Å². The predicted octanol–water partition coefficient (Wildman–Crippen LogP) is 1.99. The fourth-order valence-corrected chi connectivity index (χ4v) is 2.62. The lowest BCUT2D eigenvalue weighted by molar-refractivity contribution is -0.147. The first-order valence-electron chi connectivity index (χ1n) is 6.61. The van der Waals surface area contributed by atoms with E-state index in [1.807, 2.05) is 4.90 Å². The second kappa shape index (κ2) is 7.02. The highest BCUT2D eigenvalue weighted by molar-refractivity contribution is 6.30. The van der Waals surface area contributed by atoms with E-state index in [0.29, 0.717) is 13.1 Å². The van der Waals surface area contributed by atoms with Gasteiger partial charge in [0.05, 0.1) is 12.1 Å². The minimum atomic E-state index is -0.751. The summed E-state index contributed by atoms with van der Waals surface area (Å²) >= 11 is 5.82. The van der Waals surface area contributed by atoms with Crippen LogP contribution in [0.25, 0.3) is 0 Å². The molecule has 6 heteroatoms. The lowest BCUT2D eigenvalue weighted by Gasteiger charge is -2.28. The zero-order chi connectivity index (χ0) is 14.5. The second-order valence-electron chi connectivity index (χ2n) is 4.71. The maximum absolute atomic E-state index is 14.2. The van der Waals surface area contributed by atoms with Crippen molar-refractivity contribution in [2.75, 3.05) is 33.3 Å². The summed E-state index contributed by atoms with van der Waals surface area (Å²) in [7, 11) is 1.31. The molecule has 1 N–H and O–H groups in total. The van der Waals surface area contributed by atoms with Crippen LogP contribution in [0.5, 0.6) is 0 Å². The van der Waals surface area contributed by atoms with Crippen LogP contribution in [0.1, 0.15) is 18.0 Å². The first-order valence-corrected chi connectivity index (χ1v) is 6.99. The predicted molar refractivity (Wildman–Crippen MR) is 75.2 cm³/mol. The number of carbonyl (C=O) groups is 1. The summed E-state index contributed by atoms with van der Waals surface area (Å²) in [6.45, 7) is 3.02. The number of carbonyl (C=O) groups excluding carboxylic acids is 1. The van der Waals surface area contributed by atoms with Crippen molar-refractivity contribution in [1.29, 1.82) is 0 Å². The third-order valence-electron chi connectivity index (χ3n) is 3.44. The molecule has 1 aromatic carbocycles. The van der Waals surface area contributed by atoms with Gasteiger partial charge in [0.1, 0.15) is 11.9 Å². The third-order valence-corrected chi connectivity index (χ3v) is 3.73. The van der Waals surface area contributed by atoms with E-state index in [1.165, 1.54) is 13.2 Å². The lowest BCUT2D eigenvalue weighted by Crippen LogP contribution is -2.37. The third kappa shape index (κ3) is 3.29. The molecule has 4 nitrogen and oxygen atoms in total. The van der Waals surface area contributed by atoms with E-state index < -0.39 is 17.8 Å². The Morgan fingerprint density at radius 2 is 2.25 bits per heavy atom. The Morgan fingerprint density at radius 3 is 3.00 bits per heavy atom. The van der Waals surface area contributed by atoms with Gasteiger partial charge in [0.2, 0.25) is 0 Å². The van der Waals surface area contributed by atoms with Crippen LogP contribution in [0.3, 0.4) is 0 Å². The van der Waals surface area contributed by atoms with Crippen molar-refractivity contribution >= 4 is 17.6 Å². The first-order chi connectivity index (χ1) is 9.65. The Bertz CT molecular complexity index is 476. The van der Waals surface area contributed by atoms with Crippen LogP contribution in [0.4, 0.5) is 4.39 Å². The Labute approximate surface area is 122 Å². The SMILES string of the molecule is COC(=O)C(c1cccc(Cl)c1F)N1CCCNCC1. The molecule has 1 aliphatic heterocycles. The van der Waals surface area contributed by atoms with Crippen molar-refractivity contribution in [2.45, 2.75) is 12.5 Å². The first kappa shape index (κ1) is 15.2. The minimum absolute atomic E-state index is 0.0179. The summed E-state index contributed by atoms with van der Waals surface area (Å²) in [6, 6.07) is 3.95. The monoisotopic (exact) mass is 300 g/mol.